The van der Waals surface area contributed by atoms with Crippen LogP contribution in [-0.2, 0) is 9.59 Å². The Bertz CT molecular complexity index is 516. The molecule has 0 spiro atoms. The summed E-state index contributed by atoms with van der Waals surface area (Å²) >= 11 is 9.13. The number of rotatable bonds is 1. The average Bonchev–Trinajstić information content (AvgIpc) is 2.70. The number of halogens is 2. The third-order valence-corrected chi connectivity index (χ3v) is 3.89. The van der Waals surface area contributed by atoms with Crippen LogP contribution in [-0.4, -0.2) is 42.9 Å². The van der Waals surface area contributed by atoms with Gasteiger partial charge >= 0.3 is 11.8 Å². The van der Waals surface area contributed by atoms with E-state index in [1.54, 1.807) is 23.1 Å². The molecule has 2 N–H and O–H groups in total. The van der Waals surface area contributed by atoms with E-state index in [-0.39, 0.29) is 0 Å². The van der Waals surface area contributed by atoms with Crippen LogP contribution in [0.2, 0.25) is 5.02 Å². The fraction of sp³-hybridized carbons (Fsp3) is 0.385. The summed E-state index contributed by atoms with van der Waals surface area (Å²) in [7, 11) is 0. The van der Waals surface area contributed by atoms with Gasteiger partial charge < -0.3 is 15.5 Å². The highest BCUT2D eigenvalue weighted by atomic mass is 79.9. The minimum Gasteiger partial charge on any atom is -0.333 e. The lowest BCUT2D eigenvalue weighted by molar-refractivity contribution is -0.143. The molecule has 1 heterocycles. The Hall–Kier alpha value is -1.11. The molecule has 0 saturated carbocycles. The second kappa shape index (κ2) is 7.06. The molecule has 5 nitrogen and oxygen atoms in total. The van der Waals surface area contributed by atoms with Crippen molar-refractivity contribution in [3.63, 3.8) is 0 Å². The first-order valence-corrected chi connectivity index (χ1v) is 7.51. The molecule has 20 heavy (non-hydrogen) atoms. The van der Waals surface area contributed by atoms with Crippen molar-refractivity contribution < 1.29 is 9.59 Å². The lowest BCUT2D eigenvalue weighted by Gasteiger charge is -2.19. The van der Waals surface area contributed by atoms with E-state index in [1.165, 1.54) is 0 Å². The molecule has 1 fully saturated rings. The Morgan fingerprint density at radius 2 is 2.10 bits per heavy atom. The highest BCUT2D eigenvalue weighted by Crippen LogP contribution is 2.25. The van der Waals surface area contributed by atoms with Gasteiger partial charge in [-0.05, 0) is 47.1 Å². The molecule has 2 amide bonds. The van der Waals surface area contributed by atoms with Gasteiger partial charge in [-0.1, -0.05) is 11.6 Å². The van der Waals surface area contributed by atoms with Crippen LogP contribution in [0.5, 0.6) is 0 Å². The topological polar surface area (TPSA) is 61.4 Å². The number of carbonyl (C=O) groups excluding carboxylic acids is 2. The van der Waals surface area contributed by atoms with Crippen molar-refractivity contribution in [2.45, 2.75) is 6.42 Å². The molecular weight excluding hydrogens is 346 g/mol. The van der Waals surface area contributed by atoms with Crippen LogP contribution in [0, 0.1) is 0 Å². The van der Waals surface area contributed by atoms with Crippen molar-refractivity contribution >= 4 is 45.0 Å². The van der Waals surface area contributed by atoms with E-state index in [0.29, 0.717) is 34.8 Å². The maximum absolute atomic E-state index is 12.1. The number of hydrogen-bond donors (Lipinski definition) is 2. The number of amides is 2. The number of anilines is 1. The zero-order valence-electron chi connectivity index (χ0n) is 10.8. The van der Waals surface area contributed by atoms with Crippen molar-refractivity contribution in [3.8, 4) is 0 Å². The Morgan fingerprint density at radius 1 is 1.30 bits per heavy atom. The Morgan fingerprint density at radius 3 is 2.85 bits per heavy atom. The fourth-order valence-corrected chi connectivity index (χ4v) is 2.74. The van der Waals surface area contributed by atoms with Crippen LogP contribution < -0.4 is 10.6 Å². The van der Waals surface area contributed by atoms with Crippen molar-refractivity contribution in [2.24, 2.45) is 0 Å². The summed E-state index contributed by atoms with van der Waals surface area (Å²) in [5, 5.41) is 6.34. The molecule has 7 heteroatoms. The molecule has 1 aromatic carbocycles. The summed E-state index contributed by atoms with van der Waals surface area (Å²) in [5.41, 5.74) is 0.528. The van der Waals surface area contributed by atoms with Crippen molar-refractivity contribution in [1.82, 2.24) is 10.2 Å². The molecule has 2 rings (SSSR count). The molecule has 0 radical (unpaired) electrons. The highest BCUT2D eigenvalue weighted by Gasteiger charge is 2.23. The van der Waals surface area contributed by atoms with E-state index in [1.807, 2.05) is 0 Å². The van der Waals surface area contributed by atoms with Gasteiger partial charge in [0.05, 0.1) is 5.69 Å². The number of hydrogen-bond acceptors (Lipinski definition) is 3. The maximum atomic E-state index is 12.1. The zero-order chi connectivity index (χ0) is 14.5. The monoisotopic (exact) mass is 359 g/mol. The van der Waals surface area contributed by atoms with Gasteiger partial charge in [0.25, 0.3) is 0 Å². The molecule has 1 saturated heterocycles. The molecule has 0 unspecified atom stereocenters. The standard InChI is InChI=1S/C13H15BrClN3O2/c14-10-8-9(15)2-3-11(10)17-12(19)13(20)18-6-1-4-16-5-7-18/h2-3,8,16H,1,4-7H2,(H,17,19). The van der Waals surface area contributed by atoms with Gasteiger partial charge in [-0.2, -0.15) is 0 Å². The van der Waals surface area contributed by atoms with E-state index in [2.05, 4.69) is 26.6 Å². The van der Waals surface area contributed by atoms with Gasteiger partial charge in [0, 0.05) is 29.1 Å². The van der Waals surface area contributed by atoms with Crippen LogP contribution in [0.4, 0.5) is 5.69 Å². The van der Waals surface area contributed by atoms with Gasteiger partial charge in [0.1, 0.15) is 0 Å². The lowest BCUT2D eigenvalue weighted by atomic mass is 10.3. The van der Waals surface area contributed by atoms with E-state index < -0.39 is 11.8 Å². The number of benzene rings is 1. The molecule has 108 valence electrons. The molecular formula is C13H15BrClN3O2. The van der Waals surface area contributed by atoms with E-state index >= 15 is 0 Å². The SMILES string of the molecule is O=C(Nc1ccc(Cl)cc1Br)C(=O)N1CCCNCC1. The first kappa shape index (κ1) is 15.3. The molecule has 1 aromatic rings. The third-order valence-electron chi connectivity index (χ3n) is 3.00. The molecule has 1 aliphatic heterocycles. The van der Waals surface area contributed by atoms with Gasteiger partial charge in [0.2, 0.25) is 0 Å². The van der Waals surface area contributed by atoms with Gasteiger partial charge in [-0.25, -0.2) is 0 Å². The Balaban J connectivity index is 2.01. The smallest absolute Gasteiger partial charge is 0.313 e. The number of nitrogens with one attached hydrogen (secondary N) is 2. The Kier molecular flexibility index (Phi) is 5.39. The maximum Gasteiger partial charge on any atom is 0.313 e. The first-order chi connectivity index (χ1) is 9.58. The van der Waals surface area contributed by atoms with Crippen molar-refractivity contribution in [2.75, 3.05) is 31.5 Å². The molecule has 0 bridgehead atoms. The first-order valence-electron chi connectivity index (χ1n) is 6.34. The van der Waals surface area contributed by atoms with E-state index in [0.717, 1.165) is 13.0 Å². The van der Waals surface area contributed by atoms with Crippen molar-refractivity contribution in [3.05, 3.63) is 27.7 Å². The van der Waals surface area contributed by atoms with Gasteiger partial charge in [-0.15, -0.1) is 0 Å². The number of carbonyl (C=O) groups is 2. The predicted molar refractivity (Wildman–Crippen MR) is 81.8 cm³/mol. The van der Waals surface area contributed by atoms with E-state index in [9.17, 15) is 9.59 Å². The Labute approximate surface area is 130 Å². The minimum atomic E-state index is -0.630. The minimum absolute atomic E-state index is 0.504. The van der Waals surface area contributed by atoms with Crippen LogP contribution in [0.3, 0.4) is 0 Å². The largest absolute Gasteiger partial charge is 0.333 e. The average molecular weight is 361 g/mol. The summed E-state index contributed by atoms with van der Waals surface area (Å²) in [4.78, 5) is 25.6. The molecule has 0 aliphatic carbocycles. The zero-order valence-corrected chi connectivity index (χ0v) is 13.1. The number of nitrogens with zero attached hydrogens (tertiary/aromatic N) is 1. The van der Waals surface area contributed by atoms with Crippen LogP contribution in [0.15, 0.2) is 22.7 Å². The third kappa shape index (κ3) is 3.94. The molecule has 1 aliphatic rings. The van der Waals surface area contributed by atoms with E-state index in [4.69, 9.17) is 11.6 Å². The summed E-state index contributed by atoms with van der Waals surface area (Å²) in [6.07, 6.45) is 0.851. The summed E-state index contributed by atoms with van der Waals surface area (Å²) in [6, 6.07) is 4.97. The quantitative estimate of drug-likeness (QED) is 0.752. The second-order valence-electron chi connectivity index (χ2n) is 4.47. The molecule has 0 atom stereocenters. The van der Waals surface area contributed by atoms with Crippen LogP contribution >= 0.6 is 27.5 Å². The fourth-order valence-electron chi connectivity index (χ4n) is 1.96. The summed E-state index contributed by atoms with van der Waals surface area (Å²) in [5.74, 6) is -1.13. The predicted octanol–water partition coefficient (Wildman–Crippen LogP) is 1.86. The van der Waals surface area contributed by atoms with Crippen LogP contribution in [0.25, 0.3) is 0 Å². The second-order valence-corrected chi connectivity index (χ2v) is 5.76. The van der Waals surface area contributed by atoms with Gasteiger partial charge in [0.15, 0.2) is 0 Å². The summed E-state index contributed by atoms with van der Waals surface area (Å²) < 4.78 is 0.642. The summed E-state index contributed by atoms with van der Waals surface area (Å²) in [6.45, 7) is 2.73. The lowest BCUT2D eigenvalue weighted by Crippen LogP contribution is -2.41. The van der Waals surface area contributed by atoms with Gasteiger partial charge in [-0.3, -0.25) is 9.59 Å². The van der Waals surface area contributed by atoms with Crippen LogP contribution in [0.1, 0.15) is 6.42 Å². The highest BCUT2D eigenvalue weighted by molar-refractivity contribution is 9.10. The van der Waals surface area contributed by atoms with Crippen molar-refractivity contribution in [1.29, 1.82) is 0 Å². The normalized spacial score (nSPS) is 15.6. The molecule has 0 aromatic heterocycles.